The van der Waals surface area contributed by atoms with E-state index in [1.54, 1.807) is 0 Å². The summed E-state index contributed by atoms with van der Waals surface area (Å²) in [7, 11) is 2.06. The van der Waals surface area contributed by atoms with E-state index in [1.807, 2.05) is 24.2 Å². The third kappa shape index (κ3) is 5.69. The lowest BCUT2D eigenvalue weighted by Crippen LogP contribution is -2.35. The molecular weight excluding hydrogens is 244 g/mol. The van der Waals surface area contributed by atoms with Gasteiger partial charge in [-0.3, -0.25) is 4.98 Å². The molecule has 18 heavy (non-hydrogen) atoms. The van der Waals surface area contributed by atoms with Crippen molar-refractivity contribution in [3.05, 3.63) is 18.1 Å². The number of anilines is 1. The SMILES string of the molecule is CSCCN(C)c1cncc(CNC(C)(C)C)n1. The summed E-state index contributed by atoms with van der Waals surface area (Å²) in [5, 5.41) is 3.42. The Hall–Kier alpha value is -0.810. The van der Waals surface area contributed by atoms with Crippen molar-refractivity contribution in [3.63, 3.8) is 0 Å². The molecule has 0 saturated heterocycles. The molecule has 0 unspecified atom stereocenters. The summed E-state index contributed by atoms with van der Waals surface area (Å²) in [4.78, 5) is 11.0. The normalized spacial score (nSPS) is 11.6. The Morgan fingerprint density at radius 3 is 2.67 bits per heavy atom. The van der Waals surface area contributed by atoms with Gasteiger partial charge in [-0.2, -0.15) is 11.8 Å². The van der Waals surface area contributed by atoms with Gasteiger partial charge in [-0.15, -0.1) is 0 Å². The van der Waals surface area contributed by atoms with Gasteiger partial charge in [-0.1, -0.05) is 0 Å². The van der Waals surface area contributed by atoms with Crippen molar-refractivity contribution in [3.8, 4) is 0 Å². The quantitative estimate of drug-likeness (QED) is 0.856. The zero-order valence-electron chi connectivity index (χ0n) is 12.0. The number of rotatable bonds is 6. The Labute approximate surface area is 115 Å². The molecule has 0 atom stereocenters. The van der Waals surface area contributed by atoms with E-state index in [4.69, 9.17) is 0 Å². The summed E-state index contributed by atoms with van der Waals surface area (Å²) in [6, 6.07) is 0. The smallest absolute Gasteiger partial charge is 0.147 e. The van der Waals surface area contributed by atoms with Gasteiger partial charge >= 0.3 is 0 Å². The predicted molar refractivity (Wildman–Crippen MR) is 80.3 cm³/mol. The third-order valence-corrected chi connectivity index (χ3v) is 3.08. The second kappa shape index (κ2) is 6.95. The minimum absolute atomic E-state index is 0.0996. The zero-order chi connectivity index (χ0) is 13.6. The van der Waals surface area contributed by atoms with Gasteiger partial charge < -0.3 is 10.2 Å². The summed E-state index contributed by atoms with van der Waals surface area (Å²) < 4.78 is 0. The van der Waals surface area contributed by atoms with Crippen molar-refractivity contribution in [2.24, 2.45) is 0 Å². The van der Waals surface area contributed by atoms with Crippen LogP contribution in [0.3, 0.4) is 0 Å². The monoisotopic (exact) mass is 268 g/mol. The molecular formula is C13H24N4S. The lowest BCUT2D eigenvalue weighted by molar-refractivity contribution is 0.421. The minimum atomic E-state index is 0.0996. The van der Waals surface area contributed by atoms with Crippen LogP contribution in [0.2, 0.25) is 0 Å². The number of hydrogen-bond acceptors (Lipinski definition) is 5. The molecule has 0 aliphatic rings. The largest absolute Gasteiger partial charge is 0.358 e. The number of hydrogen-bond donors (Lipinski definition) is 1. The highest BCUT2D eigenvalue weighted by atomic mass is 32.2. The van der Waals surface area contributed by atoms with Gasteiger partial charge in [0.05, 0.1) is 11.9 Å². The van der Waals surface area contributed by atoms with E-state index in [9.17, 15) is 0 Å². The second-order valence-corrected chi connectivity index (χ2v) is 6.37. The van der Waals surface area contributed by atoms with E-state index >= 15 is 0 Å². The average molecular weight is 268 g/mol. The lowest BCUT2D eigenvalue weighted by atomic mass is 10.1. The van der Waals surface area contributed by atoms with Crippen LogP contribution in [0, 0.1) is 0 Å². The van der Waals surface area contributed by atoms with Gasteiger partial charge in [-0.25, -0.2) is 4.98 Å². The molecule has 4 nitrogen and oxygen atoms in total. The van der Waals surface area contributed by atoms with Gasteiger partial charge in [0.1, 0.15) is 5.82 Å². The van der Waals surface area contributed by atoms with Crippen LogP contribution in [0.25, 0.3) is 0 Å². The van der Waals surface area contributed by atoms with Crippen LogP contribution in [0.5, 0.6) is 0 Å². The van der Waals surface area contributed by atoms with Crippen LogP contribution in [0.1, 0.15) is 26.5 Å². The van der Waals surface area contributed by atoms with Gasteiger partial charge in [0, 0.05) is 37.6 Å². The number of aromatic nitrogens is 2. The van der Waals surface area contributed by atoms with E-state index in [0.29, 0.717) is 0 Å². The Kier molecular flexibility index (Phi) is 5.88. The molecule has 0 saturated carbocycles. The van der Waals surface area contributed by atoms with Crippen LogP contribution in [-0.2, 0) is 6.54 Å². The van der Waals surface area contributed by atoms with Crippen LogP contribution < -0.4 is 10.2 Å². The van der Waals surface area contributed by atoms with Crippen LogP contribution >= 0.6 is 11.8 Å². The standard InChI is InChI=1S/C13H24N4S/c1-13(2,3)15-9-11-8-14-10-12(16-11)17(4)6-7-18-5/h8,10,15H,6-7,9H2,1-5H3. The molecule has 1 aromatic rings. The summed E-state index contributed by atoms with van der Waals surface area (Å²) in [6.45, 7) is 8.19. The Bertz CT molecular complexity index is 362. The van der Waals surface area contributed by atoms with E-state index < -0.39 is 0 Å². The first-order chi connectivity index (χ1) is 8.42. The maximum Gasteiger partial charge on any atom is 0.147 e. The molecule has 1 N–H and O–H groups in total. The third-order valence-electron chi connectivity index (χ3n) is 2.49. The highest BCUT2D eigenvalue weighted by molar-refractivity contribution is 7.98. The second-order valence-electron chi connectivity index (χ2n) is 5.39. The van der Waals surface area contributed by atoms with Crippen molar-refractivity contribution in [2.45, 2.75) is 32.9 Å². The van der Waals surface area contributed by atoms with E-state index in [1.165, 1.54) is 0 Å². The summed E-state index contributed by atoms with van der Waals surface area (Å²) in [5.74, 6) is 2.04. The lowest BCUT2D eigenvalue weighted by Gasteiger charge is -2.21. The minimum Gasteiger partial charge on any atom is -0.358 e. The first kappa shape index (κ1) is 15.2. The number of nitrogens with zero attached hydrogens (tertiary/aromatic N) is 3. The molecule has 0 bridgehead atoms. The van der Waals surface area contributed by atoms with Crippen molar-refractivity contribution in [1.29, 1.82) is 0 Å². The predicted octanol–water partition coefficient (Wildman–Crippen LogP) is 2.16. The average Bonchev–Trinajstić information content (AvgIpc) is 2.33. The van der Waals surface area contributed by atoms with E-state index in [0.717, 1.165) is 30.4 Å². The maximum atomic E-state index is 4.62. The molecule has 0 aromatic carbocycles. The van der Waals surface area contributed by atoms with Crippen molar-refractivity contribution >= 4 is 17.6 Å². The maximum absolute atomic E-state index is 4.62. The molecule has 0 radical (unpaired) electrons. The first-order valence-corrected chi connectivity index (χ1v) is 7.58. The van der Waals surface area contributed by atoms with Gasteiger partial charge in [0.25, 0.3) is 0 Å². The van der Waals surface area contributed by atoms with E-state index in [-0.39, 0.29) is 5.54 Å². The Morgan fingerprint density at radius 2 is 2.06 bits per heavy atom. The molecule has 0 spiro atoms. The van der Waals surface area contributed by atoms with Crippen molar-refractivity contribution < 1.29 is 0 Å². The fourth-order valence-electron chi connectivity index (χ4n) is 1.36. The topological polar surface area (TPSA) is 41.1 Å². The van der Waals surface area contributed by atoms with Gasteiger partial charge in [0.15, 0.2) is 0 Å². The molecule has 1 rings (SSSR count). The van der Waals surface area contributed by atoms with Gasteiger partial charge in [-0.05, 0) is 27.0 Å². The van der Waals surface area contributed by atoms with Crippen LogP contribution in [-0.4, -0.2) is 41.1 Å². The van der Waals surface area contributed by atoms with Crippen molar-refractivity contribution in [1.82, 2.24) is 15.3 Å². The van der Waals surface area contributed by atoms with Crippen LogP contribution in [0.4, 0.5) is 5.82 Å². The fraction of sp³-hybridized carbons (Fsp3) is 0.692. The summed E-state index contributed by atoms with van der Waals surface area (Å²) in [5.41, 5.74) is 1.08. The van der Waals surface area contributed by atoms with Crippen molar-refractivity contribution in [2.75, 3.05) is 30.5 Å². The highest BCUT2D eigenvalue weighted by Gasteiger charge is 2.10. The number of thioether (sulfide) groups is 1. The van der Waals surface area contributed by atoms with Crippen LogP contribution in [0.15, 0.2) is 12.4 Å². The Morgan fingerprint density at radius 1 is 1.33 bits per heavy atom. The molecule has 1 aromatic heterocycles. The summed E-state index contributed by atoms with van der Waals surface area (Å²) >= 11 is 1.84. The highest BCUT2D eigenvalue weighted by Crippen LogP contribution is 2.09. The molecule has 5 heteroatoms. The summed E-state index contributed by atoms with van der Waals surface area (Å²) in [6.07, 6.45) is 5.76. The number of nitrogens with one attached hydrogen (secondary N) is 1. The molecule has 102 valence electrons. The molecule has 0 amide bonds. The molecule has 0 fully saturated rings. The fourth-order valence-corrected chi connectivity index (χ4v) is 1.82. The van der Waals surface area contributed by atoms with E-state index in [2.05, 4.69) is 54.3 Å². The van der Waals surface area contributed by atoms with Gasteiger partial charge in [0.2, 0.25) is 0 Å². The Balaban J connectivity index is 2.61. The molecule has 0 aliphatic carbocycles. The first-order valence-electron chi connectivity index (χ1n) is 6.18. The zero-order valence-corrected chi connectivity index (χ0v) is 12.8. The molecule has 0 aliphatic heterocycles. The molecule has 1 heterocycles.